The monoisotopic (exact) mass is 246 g/mol. The zero-order chi connectivity index (χ0) is 12.9. The van der Waals surface area contributed by atoms with Gasteiger partial charge >= 0.3 is 0 Å². The molecule has 0 aromatic rings. The fraction of sp³-hybridized carbons (Fsp3) is 0.429. The number of carbonyl (C=O) groups excluding carboxylic acids is 2. The van der Waals surface area contributed by atoms with Gasteiger partial charge < -0.3 is 9.47 Å². The lowest BCUT2D eigenvalue weighted by molar-refractivity contribution is -0.121. The molecule has 0 aromatic carbocycles. The first-order chi connectivity index (χ1) is 8.63. The van der Waals surface area contributed by atoms with Gasteiger partial charge in [0.05, 0.1) is 7.11 Å². The number of hydrogen-bond donors (Lipinski definition) is 0. The third-order valence-electron chi connectivity index (χ3n) is 4.05. The fourth-order valence-electron chi connectivity index (χ4n) is 3.11. The highest BCUT2D eigenvalue weighted by atomic mass is 16.5. The van der Waals surface area contributed by atoms with Crippen LogP contribution >= 0.6 is 0 Å². The second-order valence-electron chi connectivity index (χ2n) is 4.79. The van der Waals surface area contributed by atoms with Crippen molar-refractivity contribution in [1.29, 1.82) is 0 Å². The lowest BCUT2D eigenvalue weighted by Gasteiger charge is -2.44. The van der Waals surface area contributed by atoms with Crippen molar-refractivity contribution >= 4 is 11.6 Å². The molecule has 4 nitrogen and oxygen atoms in total. The molecule has 2 atom stereocenters. The van der Waals surface area contributed by atoms with Gasteiger partial charge in [-0.15, -0.1) is 0 Å². The highest BCUT2D eigenvalue weighted by molar-refractivity contribution is 6.23. The van der Waals surface area contributed by atoms with Crippen LogP contribution in [0.4, 0.5) is 0 Å². The van der Waals surface area contributed by atoms with E-state index in [1.807, 2.05) is 12.2 Å². The quantitative estimate of drug-likeness (QED) is 0.545. The van der Waals surface area contributed by atoms with Crippen molar-refractivity contribution in [3.05, 3.63) is 35.1 Å². The van der Waals surface area contributed by atoms with Crippen LogP contribution in [0.5, 0.6) is 0 Å². The van der Waals surface area contributed by atoms with Crippen LogP contribution in [0, 0.1) is 5.92 Å². The summed E-state index contributed by atoms with van der Waals surface area (Å²) < 4.78 is 10.5. The van der Waals surface area contributed by atoms with Gasteiger partial charge in [0.25, 0.3) is 0 Å². The summed E-state index contributed by atoms with van der Waals surface area (Å²) >= 11 is 0. The summed E-state index contributed by atoms with van der Waals surface area (Å²) in [5.41, 5.74) is 0.332. The average molecular weight is 246 g/mol. The summed E-state index contributed by atoms with van der Waals surface area (Å²) in [6.45, 7) is 0. The maximum Gasteiger partial charge on any atom is 0.227 e. The highest BCUT2D eigenvalue weighted by Gasteiger charge is 2.50. The molecule has 94 valence electrons. The van der Waals surface area contributed by atoms with Crippen LogP contribution in [0.1, 0.15) is 12.8 Å². The maximum atomic E-state index is 12.4. The predicted octanol–water partition coefficient (Wildman–Crippen LogP) is 1.33. The minimum atomic E-state index is -0.741. The smallest absolute Gasteiger partial charge is 0.227 e. The molecule has 0 saturated carbocycles. The molecule has 0 spiro atoms. The number of allylic oxidation sites excluding steroid dienone is 4. The van der Waals surface area contributed by atoms with Crippen LogP contribution < -0.4 is 0 Å². The standard InChI is InChI=1S/C14H14O4/c1-17-10-7-9(15)11-8-3-5-14(18-2,6-4-8)12(11)13(10)16/h3,5,7-8H,4,6H2,1-2H3. The van der Waals surface area contributed by atoms with Crippen molar-refractivity contribution in [2.45, 2.75) is 18.4 Å². The number of ketones is 2. The Kier molecular flexibility index (Phi) is 2.32. The van der Waals surface area contributed by atoms with E-state index in [0.717, 1.165) is 12.8 Å². The third-order valence-corrected chi connectivity index (χ3v) is 4.05. The van der Waals surface area contributed by atoms with Crippen LogP contribution in [-0.2, 0) is 19.1 Å². The van der Waals surface area contributed by atoms with Gasteiger partial charge in [0.1, 0.15) is 5.60 Å². The second kappa shape index (κ2) is 3.65. The van der Waals surface area contributed by atoms with Crippen molar-refractivity contribution < 1.29 is 19.1 Å². The normalized spacial score (nSPS) is 33.7. The van der Waals surface area contributed by atoms with Crippen LogP contribution in [0.15, 0.2) is 35.1 Å². The minimum absolute atomic E-state index is 0.0446. The van der Waals surface area contributed by atoms with E-state index in [2.05, 4.69) is 0 Å². The largest absolute Gasteiger partial charge is 0.493 e. The highest BCUT2D eigenvalue weighted by Crippen LogP contribution is 2.48. The van der Waals surface area contributed by atoms with E-state index in [9.17, 15) is 9.59 Å². The van der Waals surface area contributed by atoms with Crippen LogP contribution in [0.3, 0.4) is 0 Å². The molecule has 4 heteroatoms. The number of ether oxygens (including phenoxy) is 2. The van der Waals surface area contributed by atoms with Gasteiger partial charge in [-0.3, -0.25) is 9.59 Å². The number of methoxy groups -OCH3 is 2. The lowest BCUT2D eigenvalue weighted by Crippen LogP contribution is -2.46. The minimum Gasteiger partial charge on any atom is -0.493 e. The summed E-state index contributed by atoms with van der Waals surface area (Å²) in [4.78, 5) is 24.5. The van der Waals surface area contributed by atoms with E-state index in [0.29, 0.717) is 11.1 Å². The summed E-state index contributed by atoms with van der Waals surface area (Å²) in [7, 11) is 2.97. The lowest BCUT2D eigenvalue weighted by atomic mass is 9.64. The molecule has 0 amide bonds. The molecule has 18 heavy (non-hydrogen) atoms. The molecule has 0 fully saturated rings. The number of rotatable bonds is 2. The first-order valence-electron chi connectivity index (χ1n) is 5.97. The van der Waals surface area contributed by atoms with Crippen molar-refractivity contribution in [1.82, 2.24) is 0 Å². The van der Waals surface area contributed by atoms with E-state index >= 15 is 0 Å². The molecule has 2 unspecified atom stereocenters. The van der Waals surface area contributed by atoms with E-state index in [1.165, 1.54) is 13.2 Å². The van der Waals surface area contributed by atoms with Crippen LogP contribution in [0.2, 0.25) is 0 Å². The Morgan fingerprint density at radius 3 is 2.67 bits per heavy atom. The number of fused-ring (bicyclic) bond motifs is 1. The number of carbonyl (C=O) groups is 2. The summed E-state index contributed by atoms with van der Waals surface area (Å²) in [6, 6.07) is 0. The Hall–Kier alpha value is -1.68. The van der Waals surface area contributed by atoms with E-state index < -0.39 is 5.60 Å². The number of Topliss-reactive ketones (excluding diaryl/α,β-unsaturated/α-hetero) is 1. The zero-order valence-electron chi connectivity index (χ0n) is 10.4. The molecule has 4 aliphatic carbocycles. The van der Waals surface area contributed by atoms with E-state index in [1.54, 1.807) is 7.11 Å². The Morgan fingerprint density at radius 2 is 2.11 bits per heavy atom. The van der Waals surface area contributed by atoms with Crippen molar-refractivity contribution in [2.24, 2.45) is 5.92 Å². The van der Waals surface area contributed by atoms with Crippen LogP contribution in [-0.4, -0.2) is 31.4 Å². The fourth-order valence-corrected chi connectivity index (χ4v) is 3.11. The molecule has 0 aliphatic heterocycles. The summed E-state index contributed by atoms with van der Waals surface area (Å²) in [6.07, 6.45) is 6.75. The van der Waals surface area contributed by atoms with Gasteiger partial charge in [-0.05, 0) is 12.8 Å². The summed E-state index contributed by atoms with van der Waals surface area (Å²) in [5.74, 6) is -0.195. The SMILES string of the molecule is COC1=CC(=O)C2=C(C1=O)C1(OC)C=CC2CC1. The van der Waals surface area contributed by atoms with Crippen molar-refractivity contribution in [3.63, 3.8) is 0 Å². The molecule has 0 radical (unpaired) electrons. The second-order valence-corrected chi connectivity index (χ2v) is 4.79. The maximum absolute atomic E-state index is 12.4. The van der Waals surface area contributed by atoms with E-state index in [4.69, 9.17) is 9.47 Å². The van der Waals surface area contributed by atoms with Crippen molar-refractivity contribution in [2.75, 3.05) is 14.2 Å². The van der Waals surface area contributed by atoms with Crippen LogP contribution in [0.25, 0.3) is 0 Å². The van der Waals surface area contributed by atoms with Gasteiger partial charge in [-0.25, -0.2) is 0 Å². The predicted molar refractivity (Wildman–Crippen MR) is 63.7 cm³/mol. The van der Waals surface area contributed by atoms with Gasteiger partial charge in [-0.2, -0.15) is 0 Å². The Bertz CT molecular complexity index is 538. The molecule has 4 aliphatic rings. The molecule has 2 bridgehead atoms. The van der Waals surface area contributed by atoms with Gasteiger partial charge in [0.2, 0.25) is 5.78 Å². The Morgan fingerprint density at radius 1 is 1.33 bits per heavy atom. The molecule has 0 aromatic heterocycles. The number of hydrogen-bond acceptors (Lipinski definition) is 4. The molecular formula is C14H14O4. The Balaban J connectivity index is 2.19. The van der Waals surface area contributed by atoms with Gasteiger partial charge in [0, 0.05) is 30.2 Å². The first kappa shape index (κ1) is 11.4. The molecule has 0 N–H and O–H groups in total. The van der Waals surface area contributed by atoms with Crippen molar-refractivity contribution in [3.8, 4) is 0 Å². The average Bonchev–Trinajstić information content (AvgIpc) is 2.43. The van der Waals surface area contributed by atoms with E-state index in [-0.39, 0.29) is 23.2 Å². The Labute approximate surface area is 105 Å². The third kappa shape index (κ3) is 1.24. The summed E-state index contributed by atoms with van der Waals surface area (Å²) in [5, 5.41) is 0. The molecule has 0 saturated heterocycles. The first-order valence-corrected chi connectivity index (χ1v) is 5.97. The molecule has 4 rings (SSSR count). The van der Waals surface area contributed by atoms with Gasteiger partial charge in [-0.1, -0.05) is 12.2 Å². The zero-order valence-corrected chi connectivity index (χ0v) is 10.4. The topological polar surface area (TPSA) is 52.6 Å². The molecular weight excluding hydrogens is 232 g/mol. The molecule has 0 heterocycles. The van der Waals surface area contributed by atoms with Gasteiger partial charge in [0.15, 0.2) is 11.5 Å².